The molecule has 0 atom stereocenters. The third-order valence-corrected chi connectivity index (χ3v) is 2.85. The van der Waals surface area contributed by atoms with Gasteiger partial charge in [-0.05, 0) is 24.2 Å². The lowest BCUT2D eigenvalue weighted by Crippen LogP contribution is -2.02. The minimum Gasteiger partial charge on any atom is -0.370 e. The molecule has 6 heteroatoms. The third kappa shape index (κ3) is 3.67. The predicted molar refractivity (Wildman–Crippen MR) is 67.0 cm³/mol. The van der Waals surface area contributed by atoms with Crippen molar-refractivity contribution in [3.63, 3.8) is 0 Å². The van der Waals surface area contributed by atoms with Crippen molar-refractivity contribution in [2.75, 3.05) is 11.9 Å². The van der Waals surface area contributed by atoms with E-state index < -0.39 is 0 Å². The van der Waals surface area contributed by atoms with Gasteiger partial charge in [-0.15, -0.1) is 0 Å². The predicted octanol–water partition coefficient (Wildman–Crippen LogP) is 2.24. The van der Waals surface area contributed by atoms with Crippen LogP contribution in [0.25, 0.3) is 0 Å². The summed E-state index contributed by atoms with van der Waals surface area (Å²) in [6.07, 6.45) is 5.87. The normalized spacial score (nSPS) is 10.2. The molecule has 0 aliphatic rings. The average molecular weight is 247 g/mol. The molecule has 0 saturated heterocycles. The zero-order valence-corrected chi connectivity index (χ0v) is 10.3. The van der Waals surface area contributed by atoms with Crippen LogP contribution in [-0.4, -0.2) is 26.5 Å². The first kappa shape index (κ1) is 11.8. The summed E-state index contributed by atoms with van der Waals surface area (Å²) in [6, 6.07) is 3.77. The van der Waals surface area contributed by atoms with Crippen molar-refractivity contribution in [1.29, 1.82) is 0 Å². The van der Waals surface area contributed by atoms with E-state index in [0.717, 1.165) is 28.8 Å². The molecule has 1 N–H and O–H groups in total. The van der Waals surface area contributed by atoms with Crippen molar-refractivity contribution in [1.82, 2.24) is 19.9 Å². The van der Waals surface area contributed by atoms with E-state index in [4.69, 9.17) is 0 Å². The number of anilines is 1. The number of nitrogens with zero attached hydrogens (tertiary/aromatic N) is 4. The van der Waals surface area contributed by atoms with Crippen molar-refractivity contribution in [2.45, 2.75) is 23.4 Å². The van der Waals surface area contributed by atoms with E-state index in [2.05, 4.69) is 32.2 Å². The lowest BCUT2D eigenvalue weighted by atomic mass is 10.4. The van der Waals surface area contributed by atoms with Crippen LogP contribution in [0.15, 0.2) is 41.0 Å². The zero-order valence-electron chi connectivity index (χ0n) is 9.50. The highest BCUT2D eigenvalue weighted by Gasteiger charge is 2.01. The summed E-state index contributed by atoms with van der Waals surface area (Å²) in [4.78, 5) is 16.4. The van der Waals surface area contributed by atoms with E-state index in [0.29, 0.717) is 0 Å². The van der Waals surface area contributed by atoms with Gasteiger partial charge in [0.05, 0.1) is 0 Å². The molecule has 0 aromatic carbocycles. The Morgan fingerprint density at radius 3 is 2.82 bits per heavy atom. The Kier molecular flexibility index (Phi) is 4.26. The van der Waals surface area contributed by atoms with Gasteiger partial charge in [-0.2, -0.15) is 0 Å². The second-order valence-corrected chi connectivity index (χ2v) is 4.36. The highest BCUT2D eigenvalue weighted by atomic mass is 32.2. The van der Waals surface area contributed by atoms with E-state index in [9.17, 15) is 0 Å². The van der Waals surface area contributed by atoms with E-state index in [1.54, 1.807) is 12.5 Å². The van der Waals surface area contributed by atoms with E-state index >= 15 is 0 Å². The van der Waals surface area contributed by atoms with Gasteiger partial charge in [0.25, 0.3) is 0 Å². The van der Waals surface area contributed by atoms with Crippen LogP contribution in [0, 0.1) is 0 Å². The molecule has 0 unspecified atom stereocenters. The lowest BCUT2D eigenvalue weighted by molar-refractivity contribution is 0.951. The SMILES string of the molecule is CCCNc1cc(Sc2ccncn2)ncn1. The Labute approximate surface area is 104 Å². The zero-order chi connectivity index (χ0) is 11.9. The molecule has 0 aliphatic heterocycles. The molecule has 0 bridgehead atoms. The fourth-order valence-electron chi connectivity index (χ4n) is 1.19. The fourth-order valence-corrected chi connectivity index (χ4v) is 1.90. The van der Waals surface area contributed by atoms with Crippen LogP contribution in [0.1, 0.15) is 13.3 Å². The molecule has 2 aromatic heterocycles. The van der Waals surface area contributed by atoms with Gasteiger partial charge in [0.2, 0.25) is 0 Å². The van der Waals surface area contributed by atoms with E-state index in [1.165, 1.54) is 18.1 Å². The molecule has 2 heterocycles. The molecule has 0 spiro atoms. The van der Waals surface area contributed by atoms with Crippen LogP contribution in [-0.2, 0) is 0 Å². The minimum atomic E-state index is 0.846. The molecule has 88 valence electrons. The summed E-state index contributed by atoms with van der Waals surface area (Å²) >= 11 is 1.49. The second-order valence-electron chi connectivity index (χ2n) is 3.32. The van der Waals surface area contributed by atoms with Gasteiger partial charge in [0.15, 0.2) is 0 Å². The Morgan fingerprint density at radius 2 is 2.06 bits per heavy atom. The first-order chi connectivity index (χ1) is 8.38. The van der Waals surface area contributed by atoms with Crippen molar-refractivity contribution in [3.05, 3.63) is 31.0 Å². The fraction of sp³-hybridized carbons (Fsp3) is 0.273. The number of nitrogens with one attached hydrogen (secondary N) is 1. The molecule has 0 fully saturated rings. The van der Waals surface area contributed by atoms with Crippen LogP contribution in [0.3, 0.4) is 0 Å². The van der Waals surface area contributed by atoms with Crippen molar-refractivity contribution >= 4 is 17.6 Å². The van der Waals surface area contributed by atoms with E-state index in [-0.39, 0.29) is 0 Å². The van der Waals surface area contributed by atoms with Crippen molar-refractivity contribution in [3.8, 4) is 0 Å². The van der Waals surface area contributed by atoms with Gasteiger partial charge in [-0.1, -0.05) is 6.92 Å². The Bertz CT molecular complexity index is 462. The first-order valence-electron chi connectivity index (χ1n) is 5.38. The molecular formula is C11H13N5S. The minimum absolute atomic E-state index is 0.846. The molecule has 2 rings (SSSR count). The first-order valence-corrected chi connectivity index (χ1v) is 6.20. The molecule has 17 heavy (non-hydrogen) atoms. The molecule has 0 aliphatic carbocycles. The Balaban J connectivity index is 2.06. The van der Waals surface area contributed by atoms with Crippen LogP contribution in [0.5, 0.6) is 0 Å². The van der Waals surface area contributed by atoms with Gasteiger partial charge in [-0.3, -0.25) is 0 Å². The Morgan fingerprint density at radius 1 is 1.18 bits per heavy atom. The van der Waals surface area contributed by atoms with Gasteiger partial charge >= 0.3 is 0 Å². The largest absolute Gasteiger partial charge is 0.370 e. The molecule has 0 amide bonds. The summed E-state index contributed by atoms with van der Waals surface area (Å²) in [5.41, 5.74) is 0. The van der Waals surface area contributed by atoms with Gasteiger partial charge < -0.3 is 5.32 Å². The quantitative estimate of drug-likeness (QED) is 0.817. The lowest BCUT2D eigenvalue weighted by Gasteiger charge is -2.04. The van der Waals surface area contributed by atoms with Crippen LogP contribution < -0.4 is 5.32 Å². The smallest absolute Gasteiger partial charge is 0.130 e. The number of hydrogen-bond acceptors (Lipinski definition) is 6. The second kappa shape index (κ2) is 6.15. The van der Waals surface area contributed by atoms with Gasteiger partial charge in [0, 0.05) is 18.8 Å². The summed E-state index contributed by atoms with van der Waals surface area (Å²) in [7, 11) is 0. The van der Waals surface area contributed by atoms with Gasteiger partial charge in [-0.25, -0.2) is 19.9 Å². The molecule has 0 radical (unpaired) electrons. The monoisotopic (exact) mass is 247 g/mol. The summed E-state index contributed by atoms with van der Waals surface area (Å²) in [5, 5.41) is 4.97. The molecule has 0 saturated carbocycles. The van der Waals surface area contributed by atoms with Crippen LogP contribution in [0.4, 0.5) is 5.82 Å². The average Bonchev–Trinajstić information content (AvgIpc) is 2.38. The molecule has 5 nitrogen and oxygen atoms in total. The highest BCUT2D eigenvalue weighted by Crippen LogP contribution is 2.24. The van der Waals surface area contributed by atoms with E-state index in [1.807, 2.05) is 12.1 Å². The number of aromatic nitrogens is 4. The number of rotatable bonds is 5. The Hall–Kier alpha value is -1.69. The highest BCUT2D eigenvalue weighted by molar-refractivity contribution is 7.99. The number of hydrogen-bond donors (Lipinski definition) is 1. The summed E-state index contributed by atoms with van der Waals surface area (Å²) < 4.78 is 0. The van der Waals surface area contributed by atoms with Crippen LogP contribution >= 0.6 is 11.8 Å². The van der Waals surface area contributed by atoms with Crippen molar-refractivity contribution in [2.24, 2.45) is 0 Å². The maximum atomic E-state index is 4.19. The maximum Gasteiger partial charge on any atom is 0.130 e. The maximum absolute atomic E-state index is 4.19. The third-order valence-electron chi connectivity index (χ3n) is 1.96. The molecular weight excluding hydrogens is 234 g/mol. The summed E-state index contributed by atoms with van der Waals surface area (Å²) in [5.74, 6) is 0.846. The van der Waals surface area contributed by atoms with Gasteiger partial charge in [0.1, 0.15) is 28.5 Å². The standard InChI is InChI=1S/C11H13N5S/c1-2-4-13-9-6-11(16-8-14-9)17-10-3-5-12-7-15-10/h3,5-8H,2,4H2,1H3,(H,13,14,16). The molecule has 2 aromatic rings. The summed E-state index contributed by atoms with van der Waals surface area (Å²) in [6.45, 7) is 3.03. The topological polar surface area (TPSA) is 63.6 Å². The van der Waals surface area contributed by atoms with Crippen molar-refractivity contribution < 1.29 is 0 Å². The van der Waals surface area contributed by atoms with Crippen LogP contribution in [0.2, 0.25) is 0 Å².